The Morgan fingerprint density at radius 1 is 1.35 bits per heavy atom. The van der Waals surface area contributed by atoms with Gasteiger partial charge in [0.1, 0.15) is 11.5 Å². The molecule has 4 heteroatoms. The maximum Gasteiger partial charge on any atom is 0.231 e. The van der Waals surface area contributed by atoms with Crippen molar-refractivity contribution in [2.24, 2.45) is 0 Å². The Labute approximate surface area is 101 Å². The van der Waals surface area contributed by atoms with Gasteiger partial charge < -0.3 is 10.1 Å². The fourth-order valence-electron chi connectivity index (χ4n) is 1.49. The van der Waals surface area contributed by atoms with Crippen molar-refractivity contribution in [3.05, 3.63) is 23.8 Å². The van der Waals surface area contributed by atoms with Gasteiger partial charge in [0.2, 0.25) is 5.91 Å². The summed E-state index contributed by atoms with van der Waals surface area (Å²) in [6.45, 7) is 3.42. The van der Waals surface area contributed by atoms with E-state index < -0.39 is 0 Å². The summed E-state index contributed by atoms with van der Waals surface area (Å²) in [7, 11) is 1.54. The number of ketones is 1. The molecular formula is C13H17NO3. The number of carbonyl (C=O) groups excluding carboxylic acids is 2. The molecule has 0 heterocycles. The Kier molecular flexibility index (Phi) is 4.69. The highest BCUT2D eigenvalue weighted by atomic mass is 16.5. The van der Waals surface area contributed by atoms with Crippen LogP contribution in [0.1, 0.15) is 25.8 Å². The predicted octanol–water partition coefficient (Wildman–Crippen LogP) is 2.18. The Hall–Kier alpha value is -1.84. The molecule has 0 atom stereocenters. The number of hydrogen-bond donors (Lipinski definition) is 1. The number of nitrogens with one attached hydrogen (secondary N) is 1. The molecule has 92 valence electrons. The number of amides is 1. The molecule has 0 aromatic heterocycles. The number of anilines is 1. The number of hydrogen-bond acceptors (Lipinski definition) is 3. The number of Topliss-reactive ketones (excluding diaryl/α,β-unsaturated/α-hetero) is 1. The first-order valence-electron chi connectivity index (χ1n) is 5.53. The number of benzene rings is 1. The third-order valence-electron chi connectivity index (χ3n) is 2.36. The van der Waals surface area contributed by atoms with Crippen LogP contribution >= 0.6 is 0 Å². The molecule has 1 amide bonds. The minimum atomic E-state index is -0.316. The van der Waals surface area contributed by atoms with Crippen molar-refractivity contribution < 1.29 is 14.3 Å². The highest BCUT2D eigenvalue weighted by Gasteiger charge is 2.09. The van der Waals surface area contributed by atoms with Crippen LogP contribution in [0.15, 0.2) is 18.2 Å². The molecule has 0 aliphatic heterocycles. The average Bonchev–Trinajstić information content (AvgIpc) is 2.27. The lowest BCUT2D eigenvalue weighted by molar-refractivity contribution is -0.124. The van der Waals surface area contributed by atoms with Gasteiger partial charge in [0.25, 0.3) is 0 Å². The Morgan fingerprint density at radius 2 is 2.06 bits per heavy atom. The van der Waals surface area contributed by atoms with E-state index in [-0.39, 0.29) is 18.1 Å². The number of rotatable bonds is 5. The van der Waals surface area contributed by atoms with Crippen molar-refractivity contribution in [2.75, 3.05) is 12.4 Å². The summed E-state index contributed by atoms with van der Waals surface area (Å²) in [6.07, 6.45) is 0.763. The first-order chi connectivity index (χ1) is 8.06. The van der Waals surface area contributed by atoms with Crippen LogP contribution in [0.3, 0.4) is 0 Å². The maximum atomic E-state index is 11.5. The van der Waals surface area contributed by atoms with Crippen LogP contribution in [-0.2, 0) is 16.0 Å². The number of aryl methyl sites for hydroxylation is 1. The summed E-state index contributed by atoms with van der Waals surface area (Å²) >= 11 is 0. The molecule has 1 aromatic carbocycles. The first-order valence-corrected chi connectivity index (χ1v) is 5.53. The Bertz CT molecular complexity index is 427. The van der Waals surface area contributed by atoms with Crippen molar-refractivity contribution >= 4 is 17.4 Å². The lowest BCUT2D eigenvalue weighted by Crippen LogP contribution is -2.15. The number of methoxy groups -OCH3 is 1. The number of carbonyl (C=O) groups is 2. The standard InChI is InChI=1S/C13H17NO3/c1-4-10-5-6-12(17-3)11(8-10)14-13(16)7-9(2)15/h5-6,8H,4,7H2,1-3H3,(H,14,16). The van der Waals surface area contributed by atoms with Gasteiger partial charge >= 0.3 is 0 Å². The average molecular weight is 235 g/mol. The zero-order valence-corrected chi connectivity index (χ0v) is 10.4. The van der Waals surface area contributed by atoms with E-state index in [2.05, 4.69) is 5.32 Å². The van der Waals surface area contributed by atoms with Crippen molar-refractivity contribution in [1.82, 2.24) is 0 Å². The third kappa shape index (κ3) is 3.90. The predicted molar refractivity (Wildman–Crippen MR) is 66.3 cm³/mol. The molecule has 1 aromatic rings. The maximum absolute atomic E-state index is 11.5. The minimum absolute atomic E-state index is 0.112. The second kappa shape index (κ2) is 6.03. The van der Waals surface area contributed by atoms with Crippen LogP contribution < -0.4 is 10.1 Å². The van der Waals surface area contributed by atoms with Crippen molar-refractivity contribution in [3.63, 3.8) is 0 Å². The van der Waals surface area contributed by atoms with Gasteiger partial charge in [-0.1, -0.05) is 13.0 Å². The van der Waals surface area contributed by atoms with E-state index in [1.165, 1.54) is 6.92 Å². The summed E-state index contributed by atoms with van der Waals surface area (Å²) in [5.74, 6) is 0.122. The summed E-state index contributed by atoms with van der Waals surface area (Å²) in [5, 5.41) is 2.68. The summed E-state index contributed by atoms with van der Waals surface area (Å²) < 4.78 is 5.15. The Morgan fingerprint density at radius 3 is 2.59 bits per heavy atom. The smallest absolute Gasteiger partial charge is 0.231 e. The van der Waals surface area contributed by atoms with Gasteiger partial charge in [-0.15, -0.1) is 0 Å². The molecule has 4 nitrogen and oxygen atoms in total. The monoisotopic (exact) mass is 235 g/mol. The molecule has 1 N–H and O–H groups in total. The molecule has 0 saturated heterocycles. The van der Waals surface area contributed by atoms with Crippen LogP contribution in [-0.4, -0.2) is 18.8 Å². The zero-order valence-electron chi connectivity index (χ0n) is 10.4. The van der Waals surface area contributed by atoms with E-state index in [1.54, 1.807) is 7.11 Å². The molecule has 0 unspecified atom stereocenters. The van der Waals surface area contributed by atoms with Crippen molar-refractivity contribution in [3.8, 4) is 5.75 Å². The molecule has 0 radical (unpaired) electrons. The van der Waals surface area contributed by atoms with Gasteiger partial charge in [-0.25, -0.2) is 0 Å². The van der Waals surface area contributed by atoms with Crippen LogP contribution in [0.2, 0.25) is 0 Å². The van der Waals surface area contributed by atoms with Crippen molar-refractivity contribution in [2.45, 2.75) is 26.7 Å². The van der Waals surface area contributed by atoms with E-state index in [4.69, 9.17) is 4.74 Å². The van der Waals surface area contributed by atoms with Gasteiger partial charge in [0, 0.05) is 0 Å². The van der Waals surface area contributed by atoms with Crippen molar-refractivity contribution in [1.29, 1.82) is 0 Å². The van der Waals surface area contributed by atoms with E-state index >= 15 is 0 Å². The van der Waals surface area contributed by atoms with E-state index in [1.807, 2.05) is 25.1 Å². The van der Waals surface area contributed by atoms with Crippen LogP contribution in [0.4, 0.5) is 5.69 Å². The van der Waals surface area contributed by atoms with Gasteiger partial charge in [-0.3, -0.25) is 9.59 Å². The molecule has 0 aliphatic carbocycles. The first kappa shape index (κ1) is 13.2. The molecule has 0 fully saturated rings. The summed E-state index contributed by atoms with van der Waals surface area (Å²) in [6, 6.07) is 5.61. The molecule has 0 bridgehead atoms. The van der Waals surface area contributed by atoms with E-state index in [9.17, 15) is 9.59 Å². The van der Waals surface area contributed by atoms with Crippen LogP contribution in [0, 0.1) is 0 Å². The molecule has 0 spiro atoms. The van der Waals surface area contributed by atoms with E-state index in [0.717, 1.165) is 12.0 Å². The SMILES string of the molecule is CCc1ccc(OC)c(NC(=O)CC(C)=O)c1. The van der Waals surface area contributed by atoms with Gasteiger partial charge in [-0.05, 0) is 31.0 Å². The van der Waals surface area contributed by atoms with Gasteiger partial charge in [0.15, 0.2) is 0 Å². The van der Waals surface area contributed by atoms with Gasteiger partial charge in [-0.2, -0.15) is 0 Å². The lowest BCUT2D eigenvalue weighted by atomic mass is 10.1. The fourth-order valence-corrected chi connectivity index (χ4v) is 1.49. The Balaban J connectivity index is 2.87. The largest absolute Gasteiger partial charge is 0.495 e. The van der Waals surface area contributed by atoms with E-state index in [0.29, 0.717) is 11.4 Å². The zero-order chi connectivity index (χ0) is 12.8. The second-order valence-corrected chi connectivity index (χ2v) is 3.82. The topological polar surface area (TPSA) is 55.4 Å². The molecule has 0 aliphatic rings. The van der Waals surface area contributed by atoms with Crippen LogP contribution in [0.5, 0.6) is 5.75 Å². The molecule has 1 rings (SSSR count). The molecule has 0 saturated carbocycles. The molecular weight excluding hydrogens is 218 g/mol. The molecule has 17 heavy (non-hydrogen) atoms. The number of ether oxygens (including phenoxy) is 1. The summed E-state index contributed by atoms with van der Waals surface area (Å²) in [4.78, 5) is 22.3. The summed E-state index contributed by atoms with van der Waals surface area (Å²) in [5.41, 5.74) is 1.71. The van der Waals surface area contributed by atoms with Crippen LogP contribution in [0.25, 0.3) is 0 Å². The lowest BCUT2D eigenvalue weighted by Gasteiger charge is -2.11. The fraction of sp³-hybridized carbons (Fsp3) is 0.385. The normalized spacial score (nSPS) is 9.82. The quantitative estimate of drug-likeness (QED) is 0.796. The highest BCUT2D eigenvalue weighted by Crippen LogP contribution is 2.25. The minimum Gasteiger partial charge on any atom is -0.495 e. The third-order valence-corrected chi connectivity index (χ3v) is 2.36. The highest BCUT2D eigenvalue weighted by molar-refractivity contribution is 6.04. The second-order valence-electron chi connectivity index (χ2n) is 3.82. The van der Waals surface area contributed by atoms with Gasteiger partial charge in [0.05, 0.1) is 19.2 Å².